The Morgan fingerprint density at radius 2 is 2.36 bits per heavy atom. The van der Waals surface area contributed by atoms with Crippen LogP contribution < -0.4 is 5.43 Å². The van der Waals surface area contributed by atoms with Gasteiger partial charge in [0, 0.05) is 35.5 Å². The largest absolute Gasteiger partial charge is 0.376 e. The lowest BCUT2D eigenvalue weighted by Gasteiger charge is -2.14. The van der Waals surface area contributed by atoms with Crippen LogP contribution in [0.3, 0.4) is 0 Å². The van der Waals surface area contributed by atoms with Crippen LogP contribution in [0.15, 0.2) is 16.5 Å². The van der Waals surface area contributed by atoms with Gasteiger partial charge in [0.05, 0.1) is 29.4 Å². The standard InChI is InChI=1S/C18H24N4O2S/c1-12-7-15(13(2)22(12)10-17-5-4-6-24-17)9-19-21-18(23)8-16-11-25-14(3)20-16/h7,9,11,17H,4-6,8,10H2,1-3H3,(H,21,23)/b19-9-/t17-/m1/s1. The first-order valence-corrected chi connectivity index (χ1v) is 9.42. The highest BCUT2D eigenvalue weighted by Gasteiger charge is 2.18. The number of hydrogen-bond donors (Lipinski definition) is 1. The zero-order valence-corrected chi connectivity index (χ0v) is 15.7. The highest BCUT2D eigenvalue weighted by molar-refractivity contribution is 7.09. The van der Waals surface area contributed by atoms with Crippen molar-refractivity contribution >= 4 is 23.5 Å². The monoisotopic (exact) mass is 360 g/mol. The molecule has 0 aliphatic carbocycles. The van der Waals surface area contributed by atoms with Crippen molar-refractivity contribution in [2.24, 2.45) is 5.10 Å². The fourth-order valence-electron chi connectivity index (χ4n) is 3.10. The van der Waals surface area contributed by atoms with Crippen molar-refractivity contribution in [1.82, 2.24) is 15.0 Å². The van der Waals surface area contributed by atoms with Gasteiger partial charge in [-0.3, -0.25) is 4.79 Å². The summed E-state index contributed by atoms with van der Waals surface area (Å²) in [5.41, 5.74) is 6.69. The molecule has 1 atom stereocenters. The number of aryl methyl sites for hydroxylation is 2. The third-order valence-corrected chi connectivity index (χ3v) is 5.25. The van der Waals surface area contributed by atoms with E-state index in [0.29, 0.717) is 6.10 Å². The van der Waals surface area contributed by atoms with Gasteiger partial charge in [-0.05, 0) is 39.7 Å². The molecule has 0 unspecified atom stereocenters. The lowest BCUT2D eigenvalue weighted by molar-refractivity contribution is -0.120. The number of aromatic nitrogens is 2. The van der Waals surface area contributed by atoms with Crippen molar-refractivity contribution in [3.8, 4) is 0 Å². The van der Waals surface area contributed by atoms with Gasteiger partial charge in [-0.15, -0.1) is 11.3 Å². The number of nitrogens with zero attached hydrogens (tertiary/aromatic N) is 3. The van der Waals surface area contributed by atoms with Crippen LogP contribution >= 0.6 is 11.3 Å². The minimum absolute atomic E-state index is 0.158. The van der Waals surface area contributed by atoms with Gasteiger partial charge in [0.1, 0.15) is 0 Å². The summed E-state index contributed by atoms with van der Waals surface area (Å²) in [7, 11) is 0. The van der Waals surface area contributed by atoms with E-state index >= 15 is 0 Å². The van der Waals surface area contributed by atoms with Crippen molar-refractivity contribution in [3.05, 3.63) is 39.1 Å². The summed E-state index contributed by atoms with van der Waals surface area (Å²) in [6.45, 7) is 7.83. The minimum Gasteiger partial charge on any atom is -0.376 e. The average Bonchev–Trinajstić information content (AvgIpc) is 3.27. The van der Waals surface area contributed by atoms with Crippen LogP contribution in [-0.2, 0) is 22.5 Å². The van der Waals surface area contributed by atoms with E-state index in [2.05, 4.69) is 40.0 Å². The maximum Gasteiger partial charge on any atom is 0.246 e. The molecule has 2 aromatic rings. The Morgan fingerprint density at radius 1 is 1.52 bits per heavy atom. The molecular weight excluding hydrogens is 336 g/mol. The van der Waals surface area contributed by atoms with Gasteiger partial charge in [0.15, 0.2) is 0 Å². The van der Waals surface area contributed by atoms with Crippen molar-refractivity contribution < 1.29 is 9.53 Å². The van der Waals surface area contributed by atoms with Crippen LogP contribution in [0.4, 0.5) is 0 Å². The Kier molecular flexibility index (Phi) is 5.65. The summed E-state index contributed by atoms with van der Waals surface area (Å²) >= 11 is 1.54. The molecule has 0 saturated carbocycles. The molecule has 6 nitrogen and oxygen atoms in total. The normalized spacial score (nSPS) is 17.5. The lowest BCUT2D eigenvalue weighted by Crippen LogP contribution is -2.20. The predicted octanol–water partition coefficient (Wildman–Crippen LogP) is 2.74. The summed E-state index contributed by atoms with van der Waals surface area (Å²) < 4.78 is 7.99. The fourth-order valence-corrected chi connectivity index (χ4v) is 3.71. The van der Waals surface area contributed by atoms with Crippen molar-refractivity contribution in [3.63, 3.8) is 0 Å². The van der Waals surface area contributed by atoms with E-state index in [1.54, 1.807) is 17.6 Å². The number of ether oxygens (including phenoxy) is 1. The molecule has 1 fully saturated rings. The molecule has 1 N–H and O–H groups in total. The zero-order chi connectivity index (χ0) is 17.8. The first-order valence-electron chi connectivity index (χ1n) is 8.54. The van der Waals surface area contributed by atoms with E-state index in [9.17, 15) is 4.79 Å². The number of hydrogen-bond acceptors (Lipinski definition) is 5. The van der Waals surface area contributed by atoms with E-state index in [0.717, 1.165) is 48.0 Å². The number of amides is 1. The van der Waals surface area contributed by atoms with Gasteiger partial charge >= 0.3 is 0 Å². The maximum absolute atomic E-state index is 11.9. The first-order chi connectivity index (χ1) is 12.0. The Morgan fingerprint density at radius 3 is 3.04 bits per heavy atom. The molecule has 0 aromatic carbocycles. The van der Waals surface area contributed by atoms with Crippen molar-refractivity contribution in [2.45, 2.75) is 52.7 Å². The molecule has 3 heterocycles. The second-order valence-electron chi connectivity index (χ2n) is 6.40. The molecule has 0 spiro atoms. The third-order valence-electron chi connectivity index (χ3n) is 4.42. The Hall–Kier alpha value is -1.99. The topological polar surface area (TPSA) is 68.5 Å². The van der Waals surface area contributed by atoms with Crippen LogP contribution in [0.25, 0.3) is 0 Å². The Labute approximate surface area is 151 Å². The molecular formula is C18H24N4O2S. The van der Waals surface area contributed by atoms with Crippen LogP contribution in [0.5, 0.6) is 0 Å². The molecule has 25 heavy (non-hydrogen) atoms. The van der Waals surface area contributed by atoms with E-state index in [1.165, 1.54) is 5.69 Å². The molecule has 0 radical (unpaired) electrons. The van der Waals surface area contributed by atoms with E-state index < -0.39 is 0 Å². The van der Waals surface area contributed by atoms with Gasteiger partial charge in [-0.1, -0.05) is 0 Å². The first kappa shape index (κ1) is 17.8. The molecule has 0 bridgehead atoms. The number of thiazole rings is 1. The highest BCUT2D eigenvalue weighted by atomic mass is 32.1. The quantitative estimate of drug-likeness (QED) is 0.636. The van der Waals surface area contributed by atoms with Crippen LogP contribution in [0.2, 0.25) is 0 Å². The average molecular weight is 360 g/mol. The Balaban J connectivity index is 1.58. The predicted molar refractivity (Wildman–Crippen MR) is 99.2 cm³/mol. The van der Waals surface area contributed by atoms with E-state index in [1.807, 2.05) is 12.3 Å². The number of carbonyl (C=O) groups excluding carboxylic acids is 1. The smallest absolute Gasteiger partial charge is 0.246 e. The van der Waals surface area contributed by atoms with Crippen LogP contribution in [-0.4, -0.2) is 34.4 Å². The van der Waals surface area contributed by atoms with Gasteiger partial charge in [0.25, 0.3) is 0 Å². The number of rotatable bonds is 6. The molecule has 3 rings (SSSR count). The second-order valence-corrected chi connectivity index (χ2v) is 7.46. The molecule has 1 saturated heterocycles. The van der Waals surface area contributed by atoms with Gasteiger partial charge in [-0.2, -0.15) is 5.10 Å². The number of carbonyl (C=O) groups is 1. The summed E-state index contributed by atoms with van der Waals surface area (Å²) in [4.78, 5) is 16.2. The fraction of sp³-hybridized carbons (Fsp3) is 0.500. The molecule has 2 aromatic heterocycles. The SMILES string of the molecule is Cc1nc(CC(=O)N/N=C\c2cc(C)n(C[C@H]3CCCO3)c2C)cs1. The zero-order valence-electron chi connectivity index (χ0n) is 14.9. The maximum atomic E-state index is 11.9. The van der Waals surface area contributed by atoms with Crippen LogP contribution in [0.1, 0.15) is 40.5 Å². The summed E-state index contributed by atoms with van der Waals surface area (Å²) in [5, 5.41) is 6.96. The summed E-state index contributed by atoms with van der Waals surface area (Å²) in [5.74, 6) is -0.158. The minimum atomic E-state index is -0.158. The van der Waals surface area contributed by atoms with Crippen molar-refractivity contribution in [1.29, 1.82) is 0 Å². The molecule has 7 heteroatoms. The van der Waals surface area contributed by atoms with Gasteiger partial charge < -0.3 is 9.30 Å². The number of nitrogens with one attached hydrogen (secondary N) is 1. The molecule has 134 valence electrons. The third kappa shape index (κ3) is 4.55. The number of hydrazone groups is 1. The molecule has 1 amide bonds. The Bertz CT molecular complexity index is 772. The highest BCUT2D eigenvalue weighted by Crippen LogP contribution is 2.19. The second kappa shape index (κ2) is 7.93. The van der Waals surface area contributed by atoms with Crippen LogP contribution in [0, 0.1) is 20.8 Å². The van der Waals surface area contributed by atoms with Crippen molar-refractivity contribution in [2.75, 3.05) is 6.61 Å². The molecule has 1 aliphatic heterocycles. The van der Waals surface area contributed by atoms with E-state index in [-0.39, 0.29) is 12.3 Å². The molecule has 1 aliphatic rings. The lowest BCUT2D eigenvalue weighted by atomic mass is 10.2. The van der Waals surface area contributed by atoms with Gasteiger partial charge in [-0.25, -0.2) is 10.4 Å². The van der Waals surface area contributed by atoms with E-state index in [4.69, 9.17) is 4.74 Å². The van der Waals surface area contributed by atoms with Gasteiger partial charge in [0.2, 0.25) is 5.91 Å². The summed E-state index contributed by atoms with van der Waals surface area (Å²) in [6, 6.07) is 2.09. The summed E-state index contributed by atoms with van der Waals surface area (Å²) in [6.07, 6.45) is 4.52.